The number of aromatic nitrogens is 2. The van der Waals surface area contributed by atoms with E-state index in [1.165, 1.54) is 10.8 Å². The Hall–Kier alpha value is -3.83. The van der Waals surface area contributed by atoms with E-state index in [-0.39, 0.29) is 18.7 Å². The summed E-state index contributed by atoms with van der Waals surface area (Å²) in [6, 6.07) is 26.0. The molecule has 1 saturated heterocycles. The molecular weight excluding hydrogens is 643 g/mol. The lowest BCUT2D eigenvalue weighted by Crippen LogP contribution is -2.39. The Balaban J connectivity index is 1.58. The molecule has 0 amide bonds. The summed E-state index contributed by atoms with van der Waals surface area (Å²) in [6.45, 7) is 10.0. The van der Waals surface area contributed by atoms with Crippen LogP contribution in [0.5, 0.6) is 11.5 Å². The third-order valence-electron chi connectivity index (χ3n) is 8.27. The molecule has 4 aromatic rings. The zero-order valence-electron chi connectivity index (χ0n) is 29.1. The number of benzene rings is 3. The highest BCUT2D eigenvalue weighted by Crippen LogP contribution is 2.44. The lowest BCUT2D eigenvalue weighted by molar-refractivity contribution is -0.0911. The van der Waals surface area contributed by atoms with Gasteiger partial charge in [-0.05, 0) is 75.6 Å². The fraction of sp³-hybridized carbons (Fsp3) is 0.405. The van der Waals surface area contributed by atoms with Crippen LogP contribution in [-0.2, 0) is 19.6 Å². The molecule has 0 radical (unpaired) electrons. The fourth-order valence-electron chi connectivity index (χ4n) is 5.92. The summed E-state index contributed by atoms with van der Waals surface area (Å²) in [5, 5.41) is 7.02. The van der Waals surface area contributed by atoms with Crippen LogP contribution in [0.25, 0.3) is 0 Å². The number of H-pyrrole nitrogens is 1. The van der Waals surface area contributed by atoms with Crippen molar-refractivity contribution in [2.24, 2.45) is 0 Å². The van der Waals surface area contributed by atoms with Gasteiger partial charge in [0.2, 0.25) is 0 Å². The minimum absolute atomic E-state index is 0.109. The molecule has 2 heterocycles. The van der Waals surface area contributed by atoms with Gasteiger partial charge in [0.1, 0.15) is 29.4 Å². The summed E-state index contributed by atoms with van der Waals surface area (Å²) in [5.41, 5.74) is 1.04. The fourth-order valence-corrected chi connectivity index (χ4v) is 7.54. The Labute approximate surface area is 288 Å². The number of rotatable bonds is 15. The number of methoxy groups -OCH3 is 2. The Morgan fingerprint density at radius 3 is 1.90 bits per heavy atom. The number of hydrogen-bond donors (Lipinski definition) is 3. The van der Waals surface area contributed by atoms with Gasteiger partial charge in [0, 0.05) is 30.3 Å². The molecule has 3 aromatic carbocycles. The minimum atomic E-state index is -1.27. The number of hydrogen-bond acceptors (Lipinski definition) is 9. The average molecular weight is 691 g/mol. The maximum absolute atomic E-state index is 13.0. The van der Waals surface area contributed by atoms with Gasteiger partial charge in [-0.15, -0.1) is 0 Å². The van der Waals surface area contributed by atoms with Gasteiger partial charge >= 0.3 is 5.69 Å². The van der Waals surface area contributed by atoms with Crippen LogP contribution in [0.3, 0.4) is 0 Å². The SMILES string of the molecule is COc1ccc(C(OC[C@H]2O[C@@H](n3cc(C)c(=O)[nH]c3=O)C[C@@H]2OP(NC(C)C)NC(C)C)(c2ccccc2)c2ccc(OC)cc2)cc1. The van der Waals surface area contributed by atoms with Crippen LogP contribution in [0.2, 0.25) is 0 Å². The summed E-state index contributed by atoms with van der Waals surface area (Å²) in [6.07, 6.45) is 0.159. The number of ether oxygens (including phenoxy) is 4. The Morgan fingerprint density at radius 1 is 0.857 bits per heavy atom. The first-order valence-electron chi connectivity index (χ1n) is 16.5. The van der Waals surface area contributed by atoms with Crippen LogP contribution in [0.4, 0.5) is 0 Å². The number of nitrogens with one attached hydrogen (secondary N) is 3. The Kier molecular flexibility index (Phi) is 12.1. The summed E-state index contributed by atoms with van der Waals surface area (Å²) in [7, 11) is 2.00. The third-order valence-corrected chi connectivity index (χ3v) is 10.2. The molecular formula is C37H47N4O7P. The van der Waals surface area contributed by atoms with E-state index in [0.29, 0.717) is 12.0 Å². The molecule has 12 heteroatoms. The molecule has 49 heavy (non-hydrogen) atoms. The molecule has 3 atom stereocenters. The van der Waals surface area contributed by atoms with Crippen LogP contribution >= 0.6 is 8.45 Å². The lowest BCUT2D eigenvalue weighted by Gasteiger charge is -2.37. The first kappa shape index (κ1) is 36.5. The molecule has 11 nitrogen and oxygen atoms in total. The quantitative estimate of drug-likeness (QED) is 0.105. The van der Waals surface area contributed by atoms with Crippen LogP contribution in [0, 0.1) is 6.92 Å². The van der Waals surface area contributed by atoms with Gasteiger partial charge in [0.05, 0.1) is 26.9 Å². The van der Waals surface area contributed by atoms with Crippen molar-refractivity contribution in [3.63, 3.8) is 0 Å². The van der Waals surface area contributed by atoms with Gasteiger partial charge in [-0.2, -0.15) is 0 Å². The smallest absolute Gasteiger partial charge is 0.330 e. The first-order valence-corrected chi connectivity index (χ1v) is 17.7. The van der Waals surface area contributed by atoms with E-state index in [2.05, 4.69) is 42.9 Å². The van der Waals surface area contributed by atoms with E-state index in [0.717, 1.165) is 28.2 Å². The highest BCUT2D eigenvalue weighted by molar-refractivity contribution is 7.48. The topological polar surface area (TPSA) is 125 Å². The van der Waals surface area contributed by atoms with Crippen molar-refractivity contribution >= 4 is 8.45 Å². The molecule has 1 aliphatic rings. The number of aromatic amines is 1. The molecule has 0 aliphatic carbocycles. The molecule has 1 aliphatic heterocycles. The van der Waals surface area contributed by atoms with E-state index < -0.39 is 43.7 Å². The van der Waals surface area contributed by atoms with Crippen LogP contribution < -0.4 is 30.9 Å². The normalized spacial score (nSPS) is 18.0. The molecule has 0 unspecified atom stereocenters. The van der Waals surface area contributed by atoms with Gasteiger partial charge < -0.3 is 23.5 Å². The van der Waals surface area contributed by atoms with Crippen LogP contribution in [0.15, 0.2) is 94.6 Å². The van der Waals surface area contributed by atoms with E-state index in [1.54, 1.807) is 21.1 Å². The second-order valence-electron chi connectivity index (χ2n) is 12.7. The van der Waals surface area contributed by atoms with Crippen molar-refractivity contribution in [1.82, 2.24) is 19.7 Å². The molecule has 1 aromatic heterocycles. The van der Waals surface area contributed by atoms with Gasteiger partial charge in [-0.25, -0.2) is 4.79 Å². The molecule has 1 fully saturated rings. The first-order chi connectivity index (χ1) is 23.5. The van der Waals surface area contributed by atoms with Crippen molar-refractivity contribution in [2.45, 2.75) is 77.2 Å². The van der Waals surface area contributed by atoms with Crippen molar-refractivity contribution in [1.29, 1.82) is 0 Å². The second kappa shape index (κ2) is 16.3. The number of aryl methyl sites for hydroxylation is 1. The van der Waals surface area contributed by atoms with Gasteiger partial charge in [-0.3, -0.25) is 24.5 Å². The summed E-state index contributed by atoms with van der Waals surface area (Å²) < 4.78 is 33.0. The molecule has 5 rings (SSSR count). The van der Waals surface area contributed by atoms with Gasteiger partial charge in [0.25, 0.3) is 5.56 Å². The predicted octanol–water partition coefficient (Wildman–Crippen LogP) is 5.77. The van der Waals surface area contributed by atoms with Crippen molar-refractivity contribution in [3.05, 3.63) is 128 Å². The average Bonchev–Trinajstić information content (AvgIpc) is 3.48. The summed E-state index contributed by atoms with van der Waals surface area (Å²) in [4.78, 5) is 27.6. The predicted molar refractivity (Wildman–Crippen MR) is 191 cm³/mol. The largest absolute Gasteiger partial charge is 0.497 e. The lowest BCUT2D eigenvalue weighted by atomic mass is 9.80. The van der Waals surface area contributed by atoms with Crippen LogP contribution in [-0.4, -0.2) is 54.7 Å². The minimum Gasteiger partial charge on any atom is -0.497 e. The molecule has 262 valence electrons. The second-order valence-corrected chi connectivity index (χ2v) is 14.0. The van der Waals surface area contributed by atoms with Crippen molar-refractivity contribution < 1.29 is 23.5 Å². The zero-order valence-corrected chi connectivity index (χ0v) is 30.0. The maximum atomic E-state index is 13.0. The Bertz CT molecular complexity index is 1700. The molecule has 0 spiro atoms. The van der Waals surface area contributed by atoms with Crippen LogP contribution in [0.1, 0.15) is 62.6 Å². The van der Waals surface area contributed by atoms with Crippen molar-refractivity contribution in [3.8, 4) is 11.5 Å². The zero-order chi connectivity index (χ0) is 35.1. The maximum Gasteiger partial charge on any atom is 0.330 e. The van der Waals surface area contributed by atoms with Gasteiger partial charge in [0.15, 0.2) is 8.45 Å². The summed E-state index contributed by atoms with van der Waals surface area (Å²) in [5.74, 6) is 1.45. The number of nitrogens with zero attached hydrogens (tertiary/aromatic N) is 1. The monoisotopic (exact) mass is 690 g/mol. The van der Waals surface area contributed by atoms with E-state index in [4.69, 9.17) is 23.5 Å². The highest BCUT2D eigenvalue weighted by atomic mass is 31.2. The Morgan fingerprint density at radius 2 is 1.39 bits per heavy atom. The van der Waals surface area contributed by atoms with Crippen molar-refractivity contribution in [2.75, 3.05) is 20.8 Å². The van der Waals surface area contributed by atoms with E-state index in [9.17, 15) is 9.59 Å². The van der Waals surface area contributed by atoms with E-state index >= 15 is 0 Å². The standard InChI is InChI=1S/C37H47N4O7P/c1-24(2)39-49(40-25(3)4)48-32-21-34(41-22-26(5)35(42)38-36(41)43)47-33(32)23-46-37(27-11-9-8-10-12-27,28-13-17-30(44-6)18-14-28)29-15-19-31(45-7)20-16-29/h8-20,22,24-25,32-34,39-40H,21,23H2,1-7H3,(H,38,42,43)/t32-,33+,34+/m0/s1. The highest BCUT2D eigenvalue weighted by Gasteiger charge is 2.44. The van der Waals surface area contributed by atoms with E-state index in [1.807, 2.05) is 78.9 Å². The molecule has 3 N–H and O–H groups in total. The molecule has 0 bridgehead atoms. The third kappa shape index (κ3) is 8.49. The van der Waals surface area contributed by atoms with Gasteiger partial charge in [-0.1, -0.05) is 54.6 Å². The molecule has 0 saturated carbocycles. The summed E-state index contributed by atoms with van der Waals surface area (Å²) >= 11 is 0.